The van der Waals surface area contributed by atoms with Crippen molar-refractivity contribution < 1.29 is 14.3 Å². The highest BCUT2D eigenvalue weighted by Crippen LogP contribution is 2.34. The first kappa shape index (κ1) is 15.4. The predicted molar refractivity (Wildman–Crippen MR) is 83.5 cm³/mol. The van der Waals surface area contributed by atoms with E-state index in [0.29, 0.717) is 17.7 Å². The second kappa shape index (κ2) is 6.66. The van der Waals surface area contributed by atoms with E-state index in [9.17, 15) is 4.79 Å². The lowest BCUT2D eigenvalue weighted by Crippen LogP contribution is -2.35. The molecule has 1 atom stereocenters. The van der Waals surface area contributed by atoms with Gasteiger partial charge in [-0.2, -0.15) is 0 Å². The molecule has 0 radical (unpaired) electrons. The van der Waals surface area contributed by atoms with E-state index in [4.69, 9.17) is 9.47 Å². The fourth-order valence-corrected chi connectivity index (χ4v) is 2.33. The van der Waals surface area contributed by atoms with Gasteiger partial charge in [-0.25, -0.2) is 0 Å². The van der Waals surface area contributed by atoms with Crippen molar-refractivity contribution in [2.75, 3.05) is 21.3 Å². The van der Waals surface area contributed by atoms with Gasteiger partial charge in [-0.15, -0.1) is 0 Å². The maximum Gasteiger partial charge on any atom is 0.246 e. The number of hydrogen-bond donors (Lipinski definition) is 0. The third kappa shape index (κ3) is 3.78. The second-order valence-corrected chi connectivity index (χ2v) is 5.47. The van der Waals surface area contributed by atoms with Crippen LogP contribution in [-0.2, 0) is 4.79 Å². The van der Waals surface area contributed by atoms with Crippen molar-refractivity contribution in [1.29, 1.82) is 0 Å². The Hall–Kier alpha value is -1.97. The van der Waals surface area contributed by atoms with Gasteiger partial charge in [0.15, 0.2) is 0 Å². The minimum Gasteiger partial charge on any atom is -0.497 e. The van der Waals surface area contributed by atoms with Crippen LogP contribution >= 0.6 is 0 Å². The Morgan fingerprint density at radius 3 is 2.62 bits per heavy atom. The van der Waals surface area contributed by atoms with Crippen LogP contribution in [0.1, 0.15) is 25.3 Å². The summed E-state index contributed by atoms with van der Waals surface area (Å²) in [6.45, 7) is 2.11. The van der Waals surface area contributed by atoms with Crippen LogP contribution in [0.25, 0.3) is 6.08 Å². The van der Waals surface area contributed by atoms with E-state index in [-0.39, 0.29) is 5.91 Å². The molecule has 0 N–H and O–H groups in total. The zero-order chi connectivity index (χ0) is 15.4. The van der Waals surface area contributed by atoms with Crippen LogP contribution in [-0.4, -0.2) is 38.1 Å². The molecular weight excluding hydrogens is 266 g/mol. The summed E-state index contributed by atoms with van der Waals surface area (Å²) in [5, 5.41) is 0. The molecule has 4 heteroatoms. The zero-order valence-corrected chi connectivity index (χ0v) is 13.1. The number of likely N-dealkylation sites (N-methyl/N-ethyl adjacent to an activating group) is 1. The molecule has 0 saturated heterocycles. The first-order valence-corrected chi connectivity index (χ1v) is 7.23. The van der Waals surface area contributed by atoms with Gasteiger partial charge in [-0.3, -0.25) is 4.79 Å². The first-order chi connectivity index (χ1) is 10.1. The van der Waals surface area contributed by atoms with Crippen molar-refractivity contribution in [3.8, 4) is 11.5 Å². The van der Waals surface area contributed by atoms with Crippen LogP contribution in [0.4, 0.5) is 0 Å². The van der Waals surface area contributed by atoms with Crippen LogP contribution in [0.5, 0.6) is 11.5 Å². The largest absolute Gasteiger partial charge is 0.497 e. The van der Waals surface area contributed by atoms with Crippen LogP contribution in [0.15, 0.2) is 24.3 Å². The minimum absolute atomic E-state index is 0.0206. The lowest BCUT2D eigenvalue weighted by Gasteiger charge is -2.23. The third-order valence-corrected chi connectivity index (χ3v) is 4.11. The molecule has 1 unspecified atom stereocenters. The number of amides is 1. The van der Waals surface area contributed by atoms with E-state index in [0.717, 1.165) is 11.3 Å². The van der Waals surface area contributed by atoms with Crippen molar-refractivity contribution in [2.45, 2.75) is 25.8 Å². The van der Waals surface area contributed by atoms with Gasteiger partial charge in [0.05, 0.1) is 14.2 Å². The molecule has 21 heavy (non-hydrogen) atoms. The summed E-state index contributed by atoms with van der Waals surface area (Å²) in [6, 6.07) is 5.84. The lowest BCUT2D eigenvalue weighted by molar-refractivity contribution is -0.126. The number of methoxy groups -OCH3 is 2. The number of rotatable bonds is 6. The van der Waals surface area contributed by atoms with Crippen molar-refractivity contribution >= 4 is 12.0 Å². The molecule has 0 heterocycles. The molecule has 1 aromatic rings. The SMILES string of the molecule is COc1ccc(/C=C/C(=O)N(C)C(C)C2CC2)c(OC)c1. The molecule has 1 aromatic carbocycles. The van der Waals surface area contributed by atoms with Gasteiger partial charge in [-0.1, -0.05) is 0 Å². The molecule has 1 fully saturated rings. The van der Waals surface area contributed by atoms with E-state index in [1.54, 1.807) is 32.4 Å². The fraction of sp³-hybridized carbons (Fsp3) is 0.471. The monoisotopic (exact) mass is 289 g/mol. The molecule has 1 saturated carbocycles. The number of ether oxygens (including phenoxy) is 2. The van der Waals surface area contributed by atoms with Gasteiger partial charge < -0.3 is 14.4 Å². The molecule has 114 valence electrons. The average molecular weight is 289 g/mol. The van der Waals surface area contributed by atoms with E-state index >= 15 is 0 Å². The highest BCUT2D eigenvalue weighted by molar-refractivity contribution is 5.92. The molecule has 1 amide bonds. The Bertz CT molecular complexity index is 535. The molecule has 0 spiro atoms. The normalized spacial score (nSPS) is 15.8. The highest BCUT2D eigenvalue weighted by Gasteiger charge is 2.31. The van der Waals surface area contributed by atoms with Gasteiger partial charge in [0.1, 0.15) is 11.5 Å². The molecule has 2 rings (SSSR count). The molecular formula is C17H23NO3. The van der Waals surface area contributed by atoms with Gasteiger partial charge in [0.25, 0.3) is 0 Å². The van der Waals surface area contributed by atoms with Crippen molar-refractivity contribution in [3.63, 3.8) is 0 Å². The average Bonchev–Trinajstić information content (AvgIpc) is 3.35. The van der Waals surface area contributed by atoms with E-state index in [1.165, 1.54) is 12.8 Å². The molecule has 0 aromatic heterocycles. The van der Waals surface area contributed by atoms with Crippen LogP contribution in [0.2, 0.25) is 0 Å². The second-order valence-electron chi connectivity index (χ2n) is 5.47. The van der Waals surface area contributed by atoms with Crippen LogP contribution in [0.3, 0.4) is 0 Å². The highest BCUT2D eigenvalue weighted by atomic mass is 16.5. The predicted octanol–water partition coefficient (Wildman–Crippen LogP) is 2.97. The van der Waals surface area contributed by atoms with E-state index in [2.05, 4.69) is 6.92 Å². The topological polar surface area (TPSA) is 38.8 Å². The molecule has 1 aliphatic rings. The number of carbonyl (C=O) groups is 1. The maximum atomic E-state index is 12.2. The molecule has 4 nitrogen and oxygen atoms in total. The Morgan fingerprint density at radius 1 is 1.33 bits per heavy atom. The standard InChI is InChI=1S/C17H23NO3/c1-12(13-5-6-13)18(2)17(19)10-8-14-7-9-15(20-3)11-16(14)21-4/h7-13H,5-6H2,1-4H3/b10-8+. The smallest absolute Gasteiger partial charge is 0.246 e. The van der Waals surface area contributed by atoms with Gasteiger partial charge in [0.2, 0.25) is 5.91 Å². The fourth-order valence-electron chi connectivity index (χ4n) is 2.33. The summed E-state index contributed by atoms with van der Waals surface area (Å²) in [5.74, 6) is 2.11. The summed E-state index contributed by atoms with van der Waals surface area (Å²) < 4.78 is 10.5. The minimum atomic E-state index is 0.0206. The summed E-state index contributed by atoms with van der Waals surface area (Å²) in [5.41, 5.74) is 0.860. The Labute approximate surface area is 126 Å². The van der Waals surface area contributed by atoms with Crippen molar-refractivity contribution in [1.82, 2.24) is 4.90 Å². The number of benzene rings is 1. The molecule has 0 aliphatic heterocycles. The Kier molecular flexibility index (Phi) is 4.89. The van der Waals surface area contributed by atoms with Crippen molar-refractivity contribution in [3.05, 3.63) is 29.8 Å². The van der Waals surface area contributed by atoms with Crippen LogP contribution in [0, 0.1) is 5.92 Å². The molecule has 0 bridgehead atoms. The Balaban J connectivity index is 2.07. The first-order valence-electron chi connectivity index (χ1n) is 7.23. The summed E-state index contributed by atoms with van der Waals surface area (Å²) in [4.78, 5) is 14.0. The summed E-state index contributed by atoms with van der Waals surface area (Å²) in [6.07, 6.45) is 5.85. The summed E-state index contributed by atoms with van der Waals surface area (Å²) >= 11 is 0. The van der Waals surface area contributed by atoms with Gasteiger partial charge >= 0.3 is 0 Å². The van der Waals surface area contributed by atoms with Gasteiger partial charge in [0, 0.05) is 30.8 Å². The zero-order valence-electron chi connectivity index (χ0n) is 13.1. The van der Waals surface area contributed by atoms with E-state index in [1.807, 2.05) is 24.1 Å². The third-order valence-electron chi connectivity index (χ3n) is 4.11. The maximum absolute atomic E-state index is 12.2. The quantitative estimate of drug-likeness (QED) is 0.756. The summed E-state index contributed by atoms with van der Waals surface area (Å²) in [7, 11) is 5.08. The number of hydrogen-bond acceptors (Lipinski definition) is 3. The number of carbonyl (C=O) groups excluding carboxylic acids is 1. The lowest BCUT2D eigenvalue weighted by atomic mass is 10.1. The van der Waals surface area contributed by atoms with Crippen molar-refractivity contribution in [2.24, 2.45) is 5.92 Å². The van der Waals surface area contributed by atoms with E-state index < -0.39 is 0 Å². The van der Waals surface area contributed by atoms with Gasteiger partial charge in [-0.05, 0) is 43.9 Å². The number of nitrogens with zero attached hydrogens (tertiary/aromatic N) is 1. The molecule has 1 aliphatic carbocycles. The Morgan fingerprint density at radius 2 is 2.05 bits per heavy atom. The van der Waals surface area contributed by atoms with Crippen LogP contribution < -0.4 is 9.47 Å².